The second-order valence-electron chi connectivity index (χ2n) is 10.9. The van der Waals surface area contributed by atoms with E-state index in [4.69, 9.17) is 41.3 Å². The number of nitrogens with two attached hydrogens (primary N) is 1. The average molecular weight is 669 g/mol. The van der Waals surface area contributed by atoms with Crippen molar-refractivity contribution in [3.8, 4) is 37.0 Å². The molecular formula is C38H41ClN4O5. The summed E-state index contributed by atoms with van der Waals surface area (Å²) in [5.74, 6) is 7.18. The molecule has 0 heterocycles. The van der Waals surface area contributed by atoms with Crippen LogP contribution in [-0.4, -0.2) is 54.9 Å². The molecule has 0 fully saturated rings. The number of carbonyl (C=O) groups excluding carboxylic acids is 4. The van der Waals surface area contributed by atoms with Gasteiger partial charge in [0.25, 0.3) is 17.1 Å². The normalized spacial score (nSPS) is 9.71. The second-order valence-corrected chi connectivity index (χ2v) is 11.2. The molecule has 0 aliphatic heterocycles. The van der Waals surface area contributed by atoms with Crippen LogP contribution in [0, 0.1) is 37.0 Å². The Morgan fingerprint density at radius 1 is 0.646 bits per heavy atom. The Hall–Kier alpha value is -5.53. The van der Waals surface area contributed by atoms with Crippen LogP contribution < -0.4 is 21.7 Å². The summed E-state index contributed by atoms with van der Waals surface area (Å²) in [7, 11) is 0. The van der Waals surface area contributed by atoms with Gasteiger partial charge in [0.05, 0.1) is 0 Å². The van der Waals surface area contributed by atoms with Gasteiger partial charge in [0.1, 0.15) is 5.60 Å². The van der Waals surface area contributed by atoms with E-state index in [1.807, 2.05) is 0 Å². The fraction of sp³-hybridized carbons (Fsp3) is 0.263. The van der Waals surface area contributed by atoms with E-state index in [-0.39, 0.29) is 11.8 Å². The molecule has 3 amide bonds. The van der Waals surface area contributed by atoms with Crippen molar-refractivity contribution in [3.63, 3.8) is 0 Å². The number of ether oxygens (including phenoxy) is 1. The Morgan fingerprint density at radius 3 is 1.33 bits per heavy atom. The van der Waals surface area contributed by atoms with E-state index in [1.165, 1.54) is 0 Å². The number of hydrogen-bond donors (Lipinski definition) is 4. The molecule has 48 heavy (non-hydrogen) atoms. The molecule has 3 aromatic carbocycles. The highest BCUT2D eigenvalue weighted by atomic mass is 35.5. The Balaban J connectivity index is 0.000000384. The lowest BCUT2D eigenvalue weighted by atomic mass is 10.1. The van der Waals surface area contributed by atoms with Gasteiger partial charge in [-0.05, 0) is 125 Å². The first-order valence-corrected chi connectivity index (χ1v) is 15.3. The quantitative estimate of drug-likeness (QED) is 0.135. The fourth-order valence-corrected chi connectivity index (χ4v) is 3.56. The molecule has 0 atom stereocenters. The summed E-state index contributed by atoms with van der Waals surface area (Å²) in [5.41, 5.74) is 8.69. The Morgan fingerprint density at radius 2 is 1.00 bits per heavy atom. The van der Waals surface area contributed by atoms with Crippen molar-refractivity contribution in [2.45, 2.75) is 39.2 Å². The standard InChI is InChI=1S/C17H22N2O3.C12H14N2O.C9H5ClO/c1-5-13-7-9-14(10-8-13)15(20)18-11-6-12-19-16(21)22-17(2,3)4;1-2-10-4-6-11(7-5-10)12(15)14-9-3-8-13;1-2-7-3-5-8(6-4-7)9(10)11/h1,7-10H,6,11-12H2,2-4H3,(H,18,20)(H,19,21);1,4-7H,3,8-9,13H2,(H,14,15);1,3-6H. The molecule has 3 aromatic rings. The first-order chi connectivity index (χ1) is 22.8. The Bertz CT molecular complexity index is 1610. The minimum atomic E-state index is -0.511. The molecule has 10 heteroatoms. The number of amides is 3. The second kappa shape index (κ2) is 22.1. The van der Waals surface area contributed by atoms with E-state index < -0.39 is 16.9 Å². The summed E-state index contributed by atoms with van der Waals surface area (Å²) in [5, 5.41) is 7.71. The number of terminal acetylenes is 3. The Kier molecular flexibility index (Phi) is 18.6. The van der Waals surface area contributed by atoms with Crippen LogP contribution in [0.25, 0.3) is 0 Å². The van der Waals surface area contributed by atoms with Crippen molar-refractivity contribution in [2.75, 3.05) is 26.2 Å². The summed E-state index contributed by atoms with van der Waals surface area (Å²) >= 11 is 5.21. The minimum absolute atomic E-state index is 0.0907. The largest absolute Gasteiger partial charge is 0.444 e. The maximum atomic E-state index is 11.9. The predicted octanol–water partition coefficient (Wildman–Crippen LogP) is 5.11. The lowest BCUT2D eigenvalue weighted by Gasteiger charge is -2.19. The summed E-state index contributed by atoms with van der Waals surface area (Å²) in [4.78, 5) is 45.3. The van der Waals surface area contributed by atoms with E-state index in [1.54, 1.807) is 93.6 Å². The number of alkyl carbamates (subject to hydrolysis) is 1. The van der Waals surface area contributed by atoms with Gasteiger partial charge in [-0.15, -0.1) is 19.3 Å². The predicted molar refractivity (Wildman–Crippen MR) is 191 cm³/mol. The van der Waals surface area contributed by atoms with Gasteiger partial charge < -0.3 is 26.4 Å². The molecule has 0 saturated carbocycles. The molecule has 3 rings (SSSR count). The molecule has 0 unspecified atom stereocenters. The number of halogens is 1. The van der Waals surface area contributed by atoms with Crippen LogP contribution in [-0.2, 0) is 4.74 Å². The van der Waals surface area contributed by atoms with Gasteiger partial charge in [0.15, 0.2) is 0 Å². The zero-order valence-electron chi connectivity index (χ0n) is 27.4. The van der Waals surface area contributed by atoms with E-state index in [9.17, 15) is 19.2 Å². The zero-order valence-corrected chi connectivity index (χ0v) is 28.2. The monoisotopic (exact) mass is 668 g/mol. The van der Waals surface area contributed by atoms with Crippen LogP contribution in [0.3, 0.4) is 0 Å². The molecule has 0 bridgehead atoms. The smallest absolute Gasteiger partial charge is 0.407 e. The van der Waals surface area contributed by atoms with Crippen molar-refractivity contribution in [3.05, 3.63) is 106 Å². The topological polar surface area (TPSA) is 140 Å². The Labute approximate surface area is 288 Å². The van der Waals surface area contributed by atoms with E-state index >= 15 is 0 Å². The molecule has 0 spiro atoms. The third kappa shape index (κ3) is 17.2. The van der Waals surface area contributed by atoms with E-state index in [0.29, 0.717) is 49.3 Å². The molecule has 0 aromatic heterocycles. The summed E-state index contributed by atoms with van der Waals surface area (Å²) in [6.07, 6.45) is 16.5. The van der Waals surface area contributed by atoms with Crippen molar-refractivity contribution in [1.82, 2.24) is 16.0 Å². The first-order valence-electron chi connectivity index (χ1n) is 15.0. The van der Waals surface area contributed by atoms with Crippen LogP contribution in [0.15, 0.2) is 72.8 Å². The molecule has 0 aliphatic rings. The number of nitrogens with one attached hydrogen (secondary N) is 3. The molecule has 250 valence electrons. The maximum Gasteiger partial charge on any atom is 0.407 e. The maximum absolute atomic E-state index is 11.9. The highest BCUT2D eigenvalue weighted by molar-refractivity contribution is 6.67. The van der Waals surface area contributed by atoms with E-state index in [0.717, 1.165) is 23.1 Å². The van der Waals surface area contributed by atoms with Crippen molar-refractivity contribution < 1.29 is 23.9 Å². The third-order valence-corrected chi connectivity index (χ3v) is 6.10. The molecule has 0 saturated heterocycles. The summed E-state index contributed by atoms with van der Waals surface area (Å²) < 4.78 is 5.10. The summed E-state index contributed by atoms with van der Waals surface area (Å²) in [6.45, 7) is 7.49. The van der Waals surface area contributed by atoms with Gasteiger partial charge in [0, 0.05) is 53.0 Å². The minimum Gasteiger partial charge on any atom is -0.444 e. The average Bonchev–Trinajstić information content (AvgIpc) is 3.08. The highest BCUT2D eigenvalue weighted by Crippen LogP contribution is 2.07. The van der Waals surface area contributed by atoms with Crippen LogP contribution in [0.5, 0.6) is 0 Å². The highest BCUT2D eigenvalue weighted by Gasteiger charge is 2.15. The molecular weight excluding hydrogens is 628 g/mol. The number of carbonyl (C=O) groups is 4. The van der Waals surface area contributed by atoms with Gasteiger partial charge >= 0.3 is 6.09 Å². The van der Waals surface area contributed by atoms with Gasteiger partial charge in [-0.3, -0.25) is 14.4 Å². The van der Waals surface area contributed by atoms with Crippen molar-refractivity contribution in [2.24, 2.45) is 5.73 Å². The molecule has 9 nitrogen and oxygen atoms in total. The number of benzene rings is 3. The SMILES string of the molecule is C#Cc1ccc(C(=O)Cl)cc1.C#Cc1ccc(C(=O)NCCCN)cc1.C#Cc1ccc(C(=O)NCCCNC(=O)OC(C)(C)C)cc1. The lowest BCUT2D eigenvalue weighted by Crippen LogP contribution is -2.34. The number of hydrogen-bond acceptors (Lipinski definition) is 6. The first kappa shape index (κ1) is 40.5. The van der Waals surface area contributed by atoms with Crippen LogP contribution in [0.1, 0.15) is 81.4 Å². The van der Waals surface area contributed by atoms with Crippen LogP contribution >= 0.6 is 11.6 Å². The van der Waals surface area contributed by atoms with Gasteiger partial charge in [-0.1, -0.05) is 17.8 Å². The van der Waals surface area contributed by atoms with Crippen molar-refractivity contribution >= 4 is 34.8 Å². The lowest BCUT2D eigenvalue weighted by molar-refractivity contribution is 0.0527. The van der Waals surface area contributed by atoms with Crippen LogP contribution in [0.4, 0.5) is 4.79 Å². The third-order valence-electron chi connectivity index (χ3n) is 5.88. The fourth-order valence-electron chi connectivity index (χ4n) is 3.44. The zero-order chi connectivity index (χ0) is 36.0. The van der Waals surface area contributed by atoms with Gasteiger partial charge in [-0.25, -0.2) is 4.79 Å². The van der Waals surface area contributed by atoms with Gasteiger partial charge in [-0.2, -0.15) is 0 Å². The number of rotatable bonds is 10. The summed E-state index contributed by atoms with van der Waals surface area (Å²) in [6, 6.07) is 20.3. The molecule has 0 aliphatic carbocycles. The van der Waals surface area contributed by atoms with E-state index in [2.05, 4.69) is 33.7 Å². The van der Waals surface area contributed by atoms with Crippen LogP contribution in [0.2, 0.25) is 0 Å². The molecule has 0 radical (unpaired) electrons. The molecule has 5 N–H and O–H groups in total. The van der Waals surface area contributed by atoms with Crippen molar-refractivity contribution in [1.29, 1.82) is 0 Å². The van der Waals surface area contributed by atoms with Gasteiger partial charge in [0.2, 0.25) is 0 Å².